The molecule has 0 N–H and O–H groups in total. The first kappa shape index (κ1) is 34.2. The second kappa shape index (κ2) is 13.4. The van der Waals surface area contributed by atoms with Gasteiger partial charge in [-0.15, -0.1) is 11.3 Å². The topological polar surface area (TPSA) is 8.17 Å². The summed E-state index contributed by atoms with van der Waals surface area (Å²) in [6.45, 7) is 0. The first-order valence-electron chi connectivity index (χ1n) is 20.9. The highest BCUT2D eigenvalue weighted by atomic mass is 32.1. The molecule has 0 unspecified atom stereocenters. The van der Waals surface area contributed by atoms with E-state index in [1.165, 1.54) is 102 Å². The van der Waals surface area contributed by atoms with Gasteiger partial charge in [-0.2, -0.15) is 0 Å². The van der Waals surface area contributed by atoms with Gasteiger partial charge in [-0.1, -0.05) is 164 Å². The summed E-state index contributed by atoms with van der Waals surface area (Å²) in [6, 6.07) is 80.6. The molecule has 61 heavy (non-hydrogen) atoms. The molecule has 0 aliphatic heterocycles. The molecule has 13 aromatic rings. The van der Waals surface area contributed by atoms with Crippen molar-refractivity contribution in [1.29, 1.82) is 0 Å². The number of thiophene rings is 1. The average Bonchev–Trinajstić information content (AvgIpc) is 3.86. The monoisotopic (exact) mass is 792 g/mol. The third-order valence-electron chi connectivity index (χ3n) is 12.7. The molecular weight excluding hydrogens is 757 g/mol. The fourth-order valence-electron chi connectivity index (χ4n) is 9.98. The fraction of sp³-hybridized carbons (Fsp3) is 0. The molecule has 0 spiro atoms. The number of anilines is 3. The third kappa shape index (κ3) is 5.21. The summed E-state index contributed by atoms with van der Waals surface area (Å²) in [4.78, 5) is 2.53. The van der Waals surface area contributed by atoms with E-state index in [2.05, 4.69) is 228 Å². The maximum atomic E-state index is 2.53. The van der Waals surface area contributed by atoms with E-state index in [4.69, 9.17) is 0 Å². The highest BCUT2D eigenvalue weighted by Gasteiger charge is 2.24. The third-order valence-corrected chi connectivity index (χ3v) is 13.9. The normalized spacial score (nSPS) is 11.9. The molecule has 0 saturated heterocycles. The molecule has 13 rings (SSSR count). The number of rotatable bonds is 5. The van der Waals surface area contributed by atoms with Crippen molar-refractivity contribution in [2.24, 2.45) is 0 Å². The van der Waals surface area contributed by atoms with E-state index in [1.54, 1.807) is 0 Å². The molecule has 0 atom stereocenters. The molecule has 284 valence electrons. The van der Waals surface area contributed by atoms with Crippen molar-refractivity contribution in [2.75, 3.05) is 4.90 Å². The van der Waals surface area contributed by atoms with Crippen molar-refractivity contribution in [2.45, 2.75) is 0 Å². The Balaban J connectivity index is 1.12. The number of para-hydroxylation sites is 1. The van der Waals surface area contributed by atoms with Gasteiger partial charge in [0.15, 0.2) is 0 Å². The van der Waals surface area contributed by atoms with Crippen LogP contribution in [0.1, 0.15) is 0 Å². The SMILES string of the molecule is c1ccc(-n2c3ccc(N(c4ccc(-c5cccc6ccccc56)c5ccccc45)c4cccc5c4sc4cc6ccccc6cc45)cc3c3ccc4ccccc4c32)cc1. The van der Waals surface area contributed by atoms with E-state index in [0.29, 0.717) is 0 Å². The van der Waals surface area contributed by atoms with Crippen LogP contribution in [0.3, 0.4) is 0 Å². The Morgan fingerprint density at radius 2 is 0.984 bits per heavy atom. The largest absolute Gasteiger partial charge is 0.309 e. The maximum absolute atomic E-state index is 2.53. The average molecular weight is 793 g/mol. The minimum Gasteiger partial charge on any atom is -0.309 e. The van der Waals surface area contributed by atoms with E-state index in [9.17, 15) is 0 Å². The molecule has 0 aliphatic carbocycles. The number of hydrogen-bond acceptors (Lipinski definition) is 2. The van der Waals surface area contributed by atoms with Gasteiger partial charge in [-0.3, -0.25) is 0 Å². The van der Waals surface area contributed by atoms with Crippen molar-refractivity contribution in [3.8, 4) is 16.8 Å². The molecule has 2 aromatic heterocycles. The molecule has 0 saturated carbocycles. The van der Waals surface area contributed by atoms with Crippen molar-refractivity contribution in [3.63, 3.8) is 0 Å². The fourth-order valence-corrected chi connectivity index (χ4v) is 11.2. The summed E-state index contributed by atoms with van der Waals surface area (Å²) in [5.74, 6) is 0. The van der Waals surface area contributed by atoms with Gasteiger partial charge in [0.05, 0.1) is 27.1 Å². The van der Waals surface area contributed by atoms with E-state index < -0.39 is 0 Å². The van der Waals surface area contributed by atoms with Crippen LogP contribution in [0.2, 0.25) is 0 Å². The molecule has 0 bridgehead atoms. The van der Waals surface area contributed by atoms with Crippen molar-refractivity contribution >= 4 is 113 Å². The molecule has 0 amide bonds. The molecule has 0 radical (unpaired) electrons. The van der Waals surface area contributed by atoms with E-state index in [1.807, 2.05) is 11.3 Å². The van der Waals surface area contributed by atoms with Gasteiger partial charge in [0, 0.05) is 48.4 Å². The van der Waals surface area contributed by atoms with Gasteiger partial charge in [0.25, 0.3) is 0 Å². The van der Waals surface area contributed by atoms with Crippen LogP contribution in [-0.2, 0) is 0 Å². The first-order chi connectivity index (χ1) is 30.3. The number of aromatic nitrogens is 1. The van der Waals surface area contributed by atoms with Gasteiger partial charge in [0.1, 0.15) is 0 Å². The highest BCUT2D eigenvalue weighted by Crippen LogP contribution is 2.49. The quantitative estimate of drug-likeness (QED) is 0.169. The van der Waals surface area contributed by atoms with E-state index in [0.717, 1.165) is 17.1 Å². The number of benzene rings is 11. The van der Waals surface area contributed by atoms with E-state index >= 15 is 0 Å². The summed E-state index contributed by atoms with van der Waals surface area (Å²) in [5.41, 5.74) is 9.47. The molecule has 2 nitrogen and oxygen atoms in total. The Kier molecular flexibility index (Phi) is 7.51. The van der Waals surface area contributed by atoms with Gasteiger partial charge in [-0.05, 0) is 98.0 Å². The molecule has 0 fully saturated rings. The predicted octanol–water partition coefficient (Wildman–Crippen LogP) is 16.9. The van der Waals surface area contributed by atoms with Crippen LogP contribution in [0.25, 0.3) is 102 Å². The predicted molar refractivity (Wildman–Crippen MR) is 264 cm³/mol. The van der Waals surface area contributed by atoms with Crippen LogP contribution in [0.4, 0.5) is 17.1 Å². The molecule has 0 aliphatic rings. The van der Waals surface area contributed by atoms with Crippen LogP contribution >= 0.6 is 11.3 Å². The second-order valence-electron chi connectivity index (χ2n) is 16.0. The zero-order chi connectivity index (χ0) is 40.0. The van der Waals surface area contributed by atoms with Crippen LogP contribution < -0.4 is 4.90 Å². The Hall–Kier alpha value is -7.72. The Morgan fingerprint density at radius 3 is 1.82 bits per heavy atom. The second-order valence-corrected chi connectivity index (χ2v) is 17.1. The van der Waals surface area contributed by atoms with Crippen molar-refractivity contribution < 1.29 is 0 Å². The zero-order valence-corrected chi connectivity index (χ0v) is 33.9. The summed E-state index contributed by atoms with van der Waals surface area (Å²) in [5, 5.41) is 15.0. The summed E-state index contributed by atoms with van der Waals surface area (Å²) in [7, 11) is 0. The Bertz CT molecular complexity index is 3890. The number of hydrogen-bond donors (Lipinski definition) is 0. The van der Waals surface area contributed by atoms with Crippen LogP contribution in [0, 0.1) is 0 Å². The number of fused-ring (bicyclic) bond motifs is 11. The highest BCUT2D eigenvalue weighted by molar-refractivity contribution is 7.26. The number of nitrogens with zero attached hydrogens (tertiary/aromatic N) is 2. The summed E-state index contributed by atoms with van der Waals surface area (Å²) in [6.07, 6.45) is 0. The van der Waals surface area contributed by atoms with E-state index in [-0.39, 0.29) is 0 Å². The van der Waals surface area contributed by atoms with Gasteiger partial charge < -0.3 is 9.47 Å². The standard InChI is InChI=1S/C58H36N2S/c1-2-19-41(20-3-1)60-54-32-29-42(36-51(54)49-30-28-38-15-7-9-22-44(38)57(49)60)59(55-27-13-26-50-52-34-39-16-4-5-17-40(39)35-56(52)61-58(50)55)53-33-31-47(46-23-10-11-24-48(46)53)45-25-12-18-37-14-6-8-21-43(37)45/h1-36H. The lowest BCUT2D eigenvalue weighted by molar-refractivity contribution is 1.18. The zero-order valence-electron chi connectivity index (χ0n) is 33.1. The smallest absolute Gasteiger partial charge is 0.0640 e. The van der Waals surface area contributed by atoms with Crippen LogP contribution in [0.15, 0.2) is 218 Å². The minimum atomic E-state index is 1.12. The lowest BCUT2D eigenvalue weighted by Crippen LogP contribution is -2.11. The van der Waals surface area contributed by atoms with Crippen LogP contribution in [-0.4, -0.2) is 4.57 Å². The van der Waals surface area contributed by atoms with Crippen LogP contribution in [0.5, 0.6) is 0 Å². The Morgan fingerprint density at radius 1 is 0.344 bits per heavy atom. The maximum Gasteiger partial charge on any atom is 0.0640 e. The molecule has 3 heteroatoms. The lowest BCUT2D eigenvalue weighted by atomic mass is 9.93. The Labute approximate surface area is 356 Å². The summed E-state index contributed by atoms with van der Waals surface area (Å²) < 4.78 is 5.02. The van der Waals surface area contributed by atoms with Crippen molar-refractivity contribution in [1.82, 2.24) is 4.57 Å². The molecule has 11 aromatic carbocycles. The van der Waals surface area contributed by atoms with Crippen molar-refractivity contribution in [3.05, 3.63) is 218 Å². The van der Waals surface area contributed by atoms with Gasteiger partial charge in [0.2, 0.25) is 0 Å². The van der Waals surface area contributed by atoms with Gasteiger partial charge in [-0.25, -0.2) is 0 Å². The first-order valence-corrected chi connectivity index (χ1v) is 21.7. The minimum absolute atomic E-state index is 1.12. The van der Waals surface area contributed by atoms with Gasteiger partial charge >= 0.3 is 0 Å². The lowest BCUT2D eigenvalue weighted by Gasteiger charge is -2.28. The molecular formula is C58H36N2S. The summed E-state index contributed by atoms with van der Waals surface area (Å²) >= 11 is 1.89. The molecule has 2 heterocycles.